The molecule has 0 aromatic heterocycles. The van der Waals surface area contributed by atoms with E-state index in [1.807, 2.05) is 78.4 Å². The van der Waals surface area contributed by atoms with Gasteiger partial charge in [0.2, 0.25) is 5.69 Å². The van der Waals surface area contributed by atoms with Crippen molar-refractivity contribution in [3.8, 4) is 33.8 Å². The first-order valence-electron chi connectivity index (χ1n) is 18.5. The third-order valence-corrected chi connectivity index (χ3v) is 9.91. The Labute approximate surface area is 345 Å². The summed E-state index contributed by atoms with van der Waals surface area (Å²) in [6.07, 6.45) is 0. The number of ether oxygens (including phenoxy) is 1. The van der Waals surface area contributed by atoms with Crippen LogP contribution in [0.4, 0.5) is 28.4 Å². The maximum atomic E-state index is 6.48. The molecule has 8 aromatic rings. The number of fused-ring (bicyclic) bond motifs is 3. The average Bonchev–Trinajstić information content (AvgIpc) is 3.86. The van der Waals surface area contributed by atoms with E-state index in [0.29, 0.717) is 11.5 Å². The zero-order valence-electron chi connectivity index (χ0n) is 30.8. The van der Waals surface area contributed by atoms with E-state index in [1.54, 1.807) is 4.68 Å². The molecule has 0 bridgehead atoms. The molecule has 2 heterocycles. The number of hydrazone groups is 1. The van der Waals surface area contributed by atoms with Crippen molar-refractivity contribution >= 4 is 57.1 Å². The van der Waals surface area contributed by atoms with E-state index in [4.69, 9.17) is 4.74 Å². The van der Waals surface area contributed by atoms with E-state index in [0.717, 1.165) is 72.9 Å². The van der Waals surface area contributed by atoms with Crippen molar-refractivity contribution in [2.75, 3.05) is 7.05 Å². The molecule has 0 aliphatic carbocycles. The fourth-order valence-electron chi connectivity index (χ4n) is 7.41. The normalized spacial score (nSPS) is 12.8. The Morgan fingerprint density at radius 2 is 1.02 bits per heavy atom. The Morgan fingerprint density at radius 1 is 0.474 bits per heavy atom. The summed E-state index contributed by atoms with van der Waals surface area (Å²) in [4.78, 5) is 0. The molecule has 10 rings (SSSR count). The van der Waals surface area contributed by atoms with Crippen LogP contribution in [0.15, 0.2) is 187 Å². The summed E-state index contributed by atoms with van der Waals surface area (Å²) in [6, 6.07) is 76.4. The van der Waals surface area contributed by atoms with E-state index in [-0.39, 0.29) is 21.1 Å². The van der Waals surface area contributed by atoms with Crippen LogP contribution in [0.1, 0.15) is 5.56 Å². The molecule has 0 atom stereocenters. The summed E-state index contributed by atoms with van der Waals surface area (Å²) in [5, 5.41) is 6.95. The van der Waals surface area contributed by atoms with Gasteiger partial charge in [-0.25, -0.2) is 0 Å². The number of hydrogen-bond donors (Lipinski definition) is 0. The van der Waals surface area contributed by atoms with Gasteiger partial charge >= 0.3 is 44.6 Å². The van der Waals surface area contributed by atoms with Crippen molar-refractivity contribution in [2.24, 2.45) is 5.10 Å². The molecule has 8 aromatic carbocycles. The molecule has 0 saturated carbocycles. The minimum Gasteiger partial charge on any atom is -0.509 e. The molecule has 0 fully saturated rings. The maximum absolute atomic E-state index is 6.48. The molecular weight excluding hydrogens is 882 g/mol. The zero-order valence-corrected chi connectivity index (χ0v) is 33.1. The molecule has 0 N–H and O–H groups in total. The van der Waals surface area contributed by atoms with Crippen molar-refractivity contribution in [3.05, 3.63) is 200 Å². The van der Waals surface area contributed by atoms with Crippen LogP contribution in [-0.2, 0) is 21.1 Å². The van der Waals surface area contributed by atoms with Crippen LogP contribution < -0.4 is 13.9 Å². The first-order chi connectivity index (χ1) is 27.7. The fourth-order valence-corrected chi connectivity index (χ4v) is 7.41. The summed E-state index contributed by atoms with van der Waals surface area (Å²) in [6.45, 7) is 0. The van der Waals surface area contributed by atoms with Crippen LogP contribution in [0, 0.1) is 12.1 Å². The molecule has 0 spiro atoms. The zero-order chi connectivity index (χ0) is 37.4. The van der Waals surface area contributed by atoms with E-state index < -0.39 is 0 Å². The Balaban J connectivity index is 0.00000422. The molecule has 0 radical (unpaired) electrons. The van der Waals surface area contributed by atoms with Gasteiger partial charge in [0.1, 0.15) is 11.4 Å². The molecule has 6 nitrogen and oxygen atoms in total. The number of hydrogen-bond acceptors (Lipinski definition) is 2. The van der Waals surface area contributed by atoms with Crippen LogP contribution in [0.25, 0.3) is 33.0 Å². The number of amidine groups is 1. The van der Waals surface area contributed by atoms with Gasteiger partial charge in [-0.15, -0.1) is 12.1 Å². The molecule has 270 valence electrons. The summed E-state index contributed by atoms with van der Waals surface area (Å²) in [5.41, 5.74) is 10.1. The molecule has 2 aliphatic rings. The van der Waals surface area contributed by atoms with Crippen LogP contribution >= 0.6 is 0 Å². The summed E-state index contributed by atoms with van der Waals surface area (Å²) in [7, 11) is 1.86. The number of para-hydroxylation sites is 1. The molecule has 0 amide bonds. The second kappa shape index (κ2) is 15.2. The van der Waals surface area contributed by atoms with Crippen molar-refractivity contribution in [1.82, 2.24) is 9.15 Å². The van der Waals surface area contributed by atoms with Gasteiger partial charge in [-0.1, -0.05) is 137 Å². The van der Waals surface area contributed by atoms with Gasteiger partial charge in [-0.05, 0) is 57.5 Å². The van der Waals surface area contributed by atoms with Gasteiger partial charge in [0.25, 0.3) is 5.69 Å². The van der Waals surface area contributed by atoms with Crippen LogP contribution in [-0.4, -0.2) is 34.2 Å². The molecule has 2 aliphatic heterocycles. The number of rotatable bonds is 8. The van der Waals surface area contributed by atoms with Gasteiger partial charge < -0.3 is 4.74 Å². The Hall–Kier alpha value is -7.06. The van der Waals surface area contributed by atoms with Gasteiger partial charge in [0.15, 0.2) is 7.05 Å². The third-order valence-electron chi connectivity index (χ3n) is 9.91. The molecule has 57 heavy (non-hydrogen) atoms. The van der Waals surface area contributed by atoms with Crippen molar-refractivity contribution in [2.45, 2.75) is 0 Å². The van der Waals surface area contributed by atoms with Crippen molar-refractivity contribution in [1.29, 1.82) is 0 Å². The Bertz CT molecular complexity index is 2960. The van der Waals surface area contributed by atoms with E-state index in [2.05, 4.69) is 154 Å². The fraction of sp³-hybridized carbons (Fsp3) is 0.0200. The van der Waals surface area contributed by atoms with Crippen LogP contribution in [0.3, 0.4) is 0 Å². The SMILES string of the molecule is C[N+]1=C=[N+](c2[c-]c(Oc3[c-]c([N+]4=C=[N+](c5c(-c6ccccc6)cccc5-c5ccccc5)c5c4ccc4ccccc54)ccc3)ccc2)C(c2ccccc2)=N1.[Pt+2]. The van der Waals surface area contributed by atoms with E-state index in [9.17, 15) is 0 Å². The standard InChI is InChI=1S/C50H33N5O.Pt/c1-52-34-54(50(51-52)39-21-9-4-10-22-39)41-24-14-26-43(33-41)56-42-25-13-23-40(32-42)53-35-55(49-46-27-12-11-20-38(46)30-31-47(49)53)48-44(36-16-5-2-6-17-36)28-15-29-45(48)37-18-7-3-8-19-37;/h2-31H,1H3;/q2*+2. The Morgan fingerprint density at radius 3 is 1.65 bits per heavy atom. The van der Waals surface area contributed by atoms with Gasteiger partial charge in [0.05, 0.1) is 27.2 Å². The predicted molar refractivity (Wildman–Crippen MR) is 224 cm³/mol. The van der Waals surface area contributed by atoms with E-state index >= 15 is 0 Å². The smallest absolute Gasteiger partial charge is 0.509 e. The monoisotopic (exact) mass is 914 g/mol. The summed E-state index contributed by atoms with van der Waals surface area (Å²) >= 11 is 0. The minimum absolute atomic E-state index is 0. The minimum atomic E-state index is 0. The first kappa shape index (κ1) is 35.6. The van der Waals surface area contributed by atoms with Crippen molar-refractivity contribution < 1.29 is 35.1 Å². The van der Waals surface area contributed by atoms with E-state index in [1.165, 1.54) is 0 Å². The topological polar surface area (TPSA) is 33.6 Å². The first-order valence-corrected chi connectivity index (χ1v) is 18.5. The second-order valence-electron chi connectivity index (χ2n) is 13.5. The van der Waals surface area contributed by atoms with Crippen LogP contribution in [0.2, 0.25) is 0 Å². The van der Waals surface area contributed by atoms with Crippen molar-refractivity contribution in [3.63, 3.8) is 0 Å². The molecule has 0 saturated heterocycles. The molecular formula is C50H33N5OPt+4. The van der Waals surface area contributed by atoms with Crippen LogP contribution in [0.5, 0.6) is 11.5 Å². The van der Waals surface area contributed by atoms with Gasteiger partial charge in [-0.3, -0.25) is 0 Å². The number of nitrogens with zero attached hydrogens (tertiary/aromatic N) is 5. The quantitative estimate of drug-likeness (QED) is 0.110. The molecule has 0 unspecified atom stereocenters. The summed E-state index contributed by atoms with van der Waals surface area (Å²) < 4.78 is 14.4. The second-order valence-corrected chi connectivity index (χ2v) is 13.5. The van der Waals surface area contributed by atoms with Gasteiger partial charge in [-0.2, -0.15) is 12.1 Å². The number of benzene rings is 8. The Kier molecular flexibility index (Phi) is 9.52. The van der Waals surface area contributed by atoms with Gasteiger partial charge in [0, 0.05) is 22.2 Å². The predicted octanol–water partition coefficient (Wildman–Crippen LogP) is 11.3. The largest absolute Gasteiger partial charge is 2.00 e. The molecule has 7 heteroatoms. The average molecular weight is 915 g/mol. The summed E-state index contributed by atoms with van der Waals surface area (Å²) in [5.74, 6) is 1.86. The maximum Gasteiger partial charge on any atom is 2.00 e. The third kappa shape index (κ3) is 6.69.